The van der Waals surface area contributed by atoms with Gasteiger partial charge in [-0.2, -0.15) is 0 Å². The Labute approximate surface area is 193 Å². The van der Waals surface area contributed by atoms with E-state index in [9.17, 15) is 8.42 Å². The number of sulfone groups is 1. The van der Waals surface area contributed by atoms with E-state index in [1.54, 1.807) is 24.3 Å². The molecule has 3 nitrogen and oxygen atoms in total. The van der Waals surface area contributed by atoms with E-state index in [1.165, 1.54) is 32.1 Å². The molecular formula is C28H36O3S. The maximum absolute atomic E-state index is 14.6. The lowest BCUT2D eigenvalue weighted by Gasteiger charge is -2.58. The summed E-state index contributed by atoms with van der Waals surface area (Å²) in [6, 6.07) is 9.02. The van der Waals surface area contributed by atoms with Crippen LogP contribution in [0, 0.1) is 11.3 Å². The Kier molecular flexibility index (Phi) is 6.80. The molecule has 1 saturated heterocycles. The summed E-state index contributed by atoms with van der Waals surface area (Å²) in [5, 5.41) is 0. The molecule has 2 unspecified atom stereocenters. The van der Waals surface area contributed by atoms with Gasteiger partial charge in [-0.25, -0.2) is 8.42 Å². The smallest absolute Gasteiger partial charge is 0.188 e. The van der Waals surface area contributed by atoms with E-state index >= 15 is 0 Å². The molecule has 1 aliphatic heterocycles. The van der Waals surface area contributed by atoms with E-state index in [-0.39, 0.29) is 11.3 Å². The number of hydrogen-bond acceptors (Lipinski definition) is 3. The zero-order chi connectivity index (χ0) is 22.7. The number of ether oxygens (including phenoxy) is 1. The second kappa shape index (κ2) is 9.43. The molecule has 0 aromatic heterocycles. The quantitative estimate of drug-likeness (QED) is 0.497. The van der Waals surface area contributed by atoms with Crippen molar-refractivity contribution in [2.75, 3.05) is 6.61 Å². The SMILES string of the molecule is C=C/C=C1/OCC2C3(CCCCCCC3)CCCC2(S(=O)(=O)c2ccccc2)/C1=C/C=C. The van der Waals surface area contributed by atoms with Crippen LogP contribution in [0.3, 0.4) is 0 Å². The summed E-state index contributed by atoms with van der Waals surface area (Å²) in [4.78, 5) is 0.405. The molecule has 3 fully saturated rings. The standard InChI is InChI=1S/C28H36O3S/c1-3-14-24-25(15-4-2)31-22-26-27(18-11-6-5-7-12-19-27)20-13-21-28(24,26)32(29,30)23-16-9-8-10-17-23/h3-4,8-10,14-17,26H,1-2,5-7,11-13,18-22H2/b24-14+,25-15+. The molecule has 4 heteroatoms. The summed E-state index contributed by atoms with van der Waals surface area (Å²) in [5.74, 6) is 0.554. The monoisotopic (exact) mass is 452 g/mol. The lowest BCUT2D eigenvalue weighted by Crippen LogP contribution is -2.61. The highest BCUT2D eigenvalue weighted by Gasteiger charge is 2.64. The lowest BCUT2D eigenvalue weighted by atomic mass is 9.55. The van der Waals surface area contributed by atoms with Gasteiger partial charge >= 0.3 is 0 Å². The van der Waals surface area contributed by atoms with Crippen molar-refractivity contribution >= 4 is 9.84 Å². The van der Waals surface area contributed by atoms with E-state index in [2.05, 4.69) is 13.2 Å². The summed E-state index contributed by atoms with van der Waals surface area (Å²) in [5.41, 5.74) is 0.758. The maximum Gasteiger partial charge on any atom is 0.188 e. The summed E-state index contributed by atoms with van der Waals surface area (Å²) >= 11 is 0. The molecule has 2 aliphatic carbocycles. The fourth-order valence-corrected chi connectivity index (χ4v) is 9.21. The van der Waals surface area contributed by atoms with Gasteiger partial charge in [-0.3, -0.25) is 0 Å². The minimum Gasteiger partial charge on any atom is -0.493 e. The molecule has 1 spiro atoms. The Morgan fingerprint density at radius 2 is 1.47 bits per heavy atom. The average Bonchev–Trinajstić information content (AvgIpc) is 2.79. The average molecular weight is 453 g/mol. The van der Waals surface area contributed by atoms with Gasteiger partial charge < -0.3 is 4.74 Å². The molecule has 1 heterocycles. The Morgan fingerprint density at radius 3 is 2.12 bits per heavy atom. The normalized spacial score (nSPS) is 30.7. The summed E-state index contributed by atoms with van der Waals surface area (Å²) in [6.45, 7) is 8.21. The minimum absolute atomic E-state index is 0.000485. The molecule has 0 N–H and O–H groups in total. The van der Waals surface area contributed by atoms with Crippen molar-refractivity contribution in [1.29, 1.82) is 0 Å². The lowest BCUT2D eigenvalue weighted by molar-refractivity contribution is -0.0263. The van der Waals surface area contributed by atoms with E-state index in [0.717, 1.165) is 31.3 Å². The molecule has 3 aliphatic rings. The Bertz CT molecular complexity index is 994. The van der Waals surface area contributed by atoms with Crippen LogP contribution in [0.5, 0.6) is 0 Å². The van der Waals surface area contributed by atoms with Crippen molar-refractivity contribution in [3.63, 3.8) is 0 Å². The van der Waals surface area contributed by atoms with Gasteiger partial charge in [-0.15, -0.1) is 0 Å². The van der Waals surface area contributed by atoms with Crippen molar-refractivity contribution in [3.8, 4) is 0 Å². The molecular weight excluding hydrogens is 416 g/mol. The fraction of sp³-hybridized carbons (Fsp3) is 0.500. The van der Waals surface area contributed by atoms with Crippen LogP contribution in [-0.4, -0.2) is 19.8 Å². The topological polar surface area (TPSA) is 43.4 Å². The second-order valence-corrected chi connectivity index (χ2v) is 11.8. The van der Waals surface area contributed by atoms with Gasteiger partial charge in [0.25, 0.3) is 0 Å². The van der Waals surface area contributed by atoms with E-state index < -0.39 is 14.6 Å². The Balaban J connectivity index is 1.96. The van der Waals surface area contributed by atoms with E-state index in [0.29, 0.717) is 23.7 Å². The van der Waals surface area contributed by atoms with Crippen LogP contribution < -0.4 is 0 Å². The predicted molar refractivity (Wildman–Crippen MR) is 131 cm³/mol. The van der Waals surface area contributed by atoms with Gasteiger partial charge in [-0.1, -0.05) is 88.1 Å². The Hall–Kier alpha value is -2.07. The van der Waals surface area contributed by atoms with Crippen LogP contribution in [0.1, 0.15) is 64.2 Å². The van der Waals surface area contributed by atoms with Crippen LogP contribution >= 0.6 is 0 Å². The fourth-order valence-electron chi connectivity index (χ4n) is 6.71. The van der Waals surface area contributed by atoms with Gasteiger partial charge in [-0.05, 0) is 49.3 Å². The third kappa shape index (κ3) is 3.71. The van der Waals surface area contributed by atoms with Crippen molar-refractivity contribution in [3.05, 3.63) is 79.1 Å². The molecule has 2 saturated carbocycles. The van der Waals surface area contributed by atoms with Crippen LogP contribution in [-0.2, 0) is 14.6 Å². The van der Waals surface area contributed by atoms with Crippen molar-refractivity contribution < 1.29 is 13.2 Å². The van der Waals surface area contributed by atoms with Gasteiger partial charge in [0, 0.05) is 11.5 Å². The van der Waals surface area contributed by atoms with Gasteiger partial charge in [0.1, 0.15) is 10.5 Å². The number of allylic oxidation sites excluding steroid dienone is 5. The molecule has 0 radical (unpaired) electrons. The molecule has 4 rings (SSSR count). The third-order valence-corrected chi connectivity index (χ3v) is 10.6. The number of rotatable bonds is 4. The van der Waals surface area contributed by atoms with Crippen molar-refractivity contribution in [1.82, 2.24) is 0 Å². The maximum atomic E-state index is 14.6. The van der Waals surface area contributed by atoms with Gasteiger partial charge in [0.2, 0.25) is 0 Å². The first-order valence-corrected chi connectivity index (χ1v) is 13.6. The molecule has 32 heavy (non-hydrogen) atoms. The molecule has 1 aromatic rings. The predicted octanol–water partition coefficient (Wildman–Crippen LogP) is 6.94. The summed E-state index contributed by atoms with van der Waals surface area (Å²) in [7, 11) is -3.67. The molecule has 0 amide bonds. The van der Waals surface area contributed by atoms with Crippen LogP contribution in [0.2, 0.25) is 0 Å². The molecule has 0 bridgehead atoms. The summed E-state index contributed by atoms with van der Waals surface area (Å²) in [6.07, 6.45) is 18.0. The first-order valence-electron chi connectivity index (χ1n) is 12.1. The van der Waals surface area contributed by atoms with E-state index in [1.807, 2.05) is 30.4 Å². The zero-order valence-electron chi connectivity index (χ0n) is 19.1. The van der Waals surface area contributed by atoms with Crippen molar-refractivity contribution in [2.24, 2.45) is 11.3 Å². The van der Waals surface area contributed by atoms with Crippen LogP contribution in [0.15, 0.2) is 84.0 Å². The second-order valence-electron chi connectivity index (χ2n) is 9.64. The van der Waals surface area contributed by atoms with Crippen LogP contribution in [0.25, 0.3) is 0 Å². The first kappa shape index (κ1) is 23.1. The number of fused-ring (bicyclic) bond motifs is 2. The highest BCUT2D eigenvalue weighted by atomic mass is 32.2. The number of benzene rings is 1. The molecule has 2 atom stereocenters. The largest absolute Gasteiger partial charge is 0.493 e. The van der Waals surface area contributed by atoms with Gasteiger partial charge in [0.05, 0.1) is 11.5 Å². The third-order valence-electron chi connectivity index (χ3n) is 8.09. The minimum atomic E-state index is -3.67. The first-order chi connectivity index (χ1) is 15.5. The molecule has 1 aromatic carbocycles. The van der Waals surface area contributed by atoms with Gasteiger partial charge in [0.15, 0.2) is 9.84 Å². The zero-order valence-corrected chi connectivity index (χ0v) is 19.9. The Morgan fingerprint density at radius 1 is 0.844 bits per heavy atom. The summed E-state index contributed by atoms with van der Waals surface area (Å²) < 4.78 is 34.5. The van der Waals surface area contributed by atoms with Crippen molar-refractivity contribution in [2.45, 2.75) is 73.9 Å². The highest BCUT2D eigenvalue weighted by molar-refractivity contribution is 7.93. The molecule has 172 valence electrons. The number of hydrogen-bond donors (Lipinski definition) is 0. The van der Waals surface area contributed by atoms with E-state index in [4.69, 9.17) is 4.74 Å². The highest BCUT2D eigenvalue weighted by Crippen LogP contribution is 2.62. The van der Waals surface area contributed by atoms with Crippen LogP contribution in [0.4, 0.5) is 0 Å².